The fourth-order valence-electron chi connectivity index (χ4n) is 0.871. The lowest BCUT2D eigenvalue weighted by molar-refractivity contribution is 0.939. The third kappa shape index (κ3) is 7.11. The molecule has 0 bridgehead atoms. The fourth-order valence-corrected chi connectivity index (χ4v) is 0.871. The van der Waals surface area contributed by atoms with Crippen molar-refractivity contribution in [3.8, 4) is 0 Å². The summed E-state index contributed by atoms with van der Waals surface area (Å²) in [6.07, 6.45) is 7.32. The molecule has 0 aromatic heterocycles. The lowest BCUT2D eigenvalue weighted by atomic mass is 10.1. The van der Waals surface area contributed by atoms with E-state index in [2.05, 4.69) is 33.1 Å². The second kappa shape index (κ2) is 5.96. The summed E-state index contributed by atoms with van der Waals surface area (Å²) in [6.45, 7) is 11.9. The molecule has 0 nitrogen and oxygen atoms in total. The molecule has 0 atom stereocenters. The highest BCUT2D eigenvalue weighted by molar-refractivity contribution is 5.03. The highest BCUT2D eigenvalue weighted by Gasteiger charge is 1.88. The van der Waals surface area contributed by atoms with Crippen molar-refractivity contribution in [3.05, 3.63) is 36.5 Å². The van der Waals surface area contributed by atoms with E-state index in [0.29, 0.717) is 0 Å². The van der Waals surface area contributed by atoms with E-state index < -0.39 is 0 Å². The summed E-state index contributed by atoms with van der Waals surface area (Å²) >= 11 is 0. The Hall–Kier alpha value is -0.780. The molecule has 0 radical (unpaired) electrons. The van der Waals surface area contributed by atoms with Gasteiger partial charge < -0.3 is 0 Å². The minimum Gasteiger partial charge on any atom is -0.103 e. The van der Waals surface area contributed by atoms with E-state index in [1.54, 1.807) is 0 Å². The van der Waals surface area contributed by atoms with Crippen molar-refractivity contribution in [2.75, 3.05) is 0 Å². The molecule has 0 aliphatic carbocycles. The molecule has 0 aromatic rings. The lowest BCUT2D eigenvalue weighted by Gasteiger charge is -1.98. The van der Waals surface area contributed by atoms with Crippen LogP contribution in [0, 0.1) is 0 Å². The molecule has 0 saturated heterocycles. The second-order valence-corrected chi connectivity index (χ2v) is 3.06. The first kappa shape index (κ1) is 10.2. The van der Waals surface area contributed by atoms with Crippen LogP contribution in [0.25, 0.3) is 0 Å². The Bertz CT molecular complexity index is 157. The number of allylic oxidation sites excluding steroid dienone is 4. The van der Waals surface area contributed by atoms with Crippen LogP contribution in [0.4, 0.5) is 0 Å². The molecular formula is C11H18. The van der Waals surface area contributed by atoms with Gasteiger partial charge in [-0.15, -0.1) is 6.58 Å². The predicted octanol–water partition coefficient (Wildman–Crippen LogP) is 3.87. The van der Waals surface area contributed by atoms with Gasteiger partial charge in [0.15, 0.2) is 0 Å². The SMILES string of the molecule is C=CCC(=C)CCC=C(C)C. The van der Waals surface area contributed by atoms with Gasteiger partial charge in [0.05, 0.1) is 0 Å². The molecule has 0 spiro atoms. The van der Waals surface area contributed by atoms with Crippen LogP contribution in [-0.4, -0.2) is 0 Å². The van der Waals surface area contributed by atoms with Crippen molar-refractivity contribution in [1.82, 2.24) is 0 Å². The summed E-state index contributed by atoms with van der Waals surface area (Å²) in [5, 5.41) is 0. The maximum atomic E-state index is 3.94. The van der Waals surface area contributed by atoms with Gasteiger partial charge in [0.2, 0.25) is 0 Å². The fraction of sp³-hybridized carbons (Fsp3) is 0.455. The van der Waals surface area contributed by atoms with Gasteiger partial charge in [-0.1, -0.05) is 29.9 Å². The summed E-state index contributed by atoms with van der Waals surface area (Å²) in [7, 11) is 0. The molecule has 0 heteroatoms. The van der Waals surface area contributed by atoms with E-state index >= 15 is 0 Å². The minimum atomic E-state index is 0.955. The summed E-state index contributed by atoms with van der Waals surface area (Å²) in [5.74, 6) is 0. The summed E-state index contributed by atoms with van der Waals surface area (Å²) in [6, 6.07) is 0. The Labute approximate surface area is 70.3 Å². The Morgan fingerprint density at radius 2 is 2.00 bits per heavy atom. The van der Waals surface area contributed by atoms with Gasteiger partial charge in [0.1, 0.15) is 0 Å². The minimum absolute atomic E-state index is 0.955. The molecule has 0 N–H and O–H groups in total. The zero-order valence-electron chi connectivity index (χ0n) is 7.69. The monoisotopic (exact) mass is 150 g/mol. The summed E-state index contributed by atoms with van der Waals surface area (Å²) in [4.78, 5) is 0. The van der Waals surface area contributed by atoms with Gasteiger partial charge in [0, 0.05) is 0 Å². The van der Waals surface area contributed by atoms with E-state index in [1.165, 1.54) is 11.1 Å². The van der Waals surface area contributed by atoms with Crippen LogP contribution in [0.1, 0.15) is 33.1 Å². The molecule has 0 saturated carbocycles. The normalized spacial score (nSPS) is 8.91. The Balaban J connectivity index is 3.46. The maximum absolute atomic E-state index is 3.94. The smallest absolute Gasteiger partial charge is 0.0144 e. The Morgan fingerprint density at radius 3 is 2.45 bits per heavy atom. The molecule has 0 fully saturated rings. The molecule has 0 aliphatic rings. The van der Waals surface area contributed by atoms with E-state index in [4.69, 9.17) is 0 Å². The Morgan fingerprint density at radius 1 is 1.36 bits per heavy atom. The first-order valence-corrected chi connectivity index (χ1v) is 4.07. The van der Waals surface area contributed by atoms with Crippen LogP contribution in [-0.2, 0) is 0 Å². The molecular weight excluding hydrogens is 132 g/mol. The average molecular weight is 150 g/mol. The van der Waals surface area contributed by atoms with Gasteiger partial charge in [-0.3, -0.25) is 0 Å². The molecule has 0 unspecified atom stereocenters. The molecule has 11 heavy (non-hydrogen) atoms. The van der Waals surface area contributed by atoms with Gasteiger partial charge in [-0.25, -0.2) is 0 Å². The van der Waals surface area contributed by atoms with Crippen LogP contribution in [0.2, 0.25) is 0 Å². The molecule has 0 aromatic carbocycles. The topological polar surface area (TPSA) is 0 Å². The van der Waals surface area contributed by atoms with Crippen molar-refractivity contribution >= 4 is 0 Å². The molecule has 0 amide bonds. The zero-order chi connectivity index (χ0) is 8.69. The number of rotatable bonds is 5. The molecule has 0 heterocycles. The van der Waals surface area contributed by atoms with Crippen LogP contribution >= 0.6 is 0 Å². The molecule has 62 valence electrons. The van der Waals surface area contributed by atoms with Crippen LogP contribution in [0.5, 0.6) is 0 Å². The van der Waals surface area contributed by atoms with Gasteiger partial charge in [-0.05, 0) is 33.1 Å². The van der Waals surface area contributed by atoms with Crippen LogP contribution < -0.4 is 0 Å². The average Bonchev–Trinajstić information content (AvgIpc) is 1.87. The van der Waals surface area contributed by atoms with Gasteiger partial charge in [0.25, 0.3) is 0 Å². The molecule has 0 aliphatic heterocycles. The van der Waals surface area contributed by atoms with Crippen LogP contribution in [0.15, 0.2) is 36.5 Å². The third-order valence-electron chi connectivity index (χ3n) is 1.48. The standard InChI is InChI=1S/C11H18/c1-5-7-11(4)9-6-8-10(2)3/h5,8H,1,4,6-7,9H2,2-3H3. The highest BCUT2D eigenvalue weighted by atomic mass is 13.9. The maximum Gasteiger partial charge on any atom is -0.0144 e. The molecule has 0 rings (SSSR count). The van der Waals surface area contributed by atoms with E-state index in [-0.39, 0.29) is 0 Å². The van der Waals surface area contributed by atoms with Crippen molar-refractivity contribution < 1.29 is 0 Å². The number of hydrogen-bond acceptors (Lipinski definition) is 0. The quantitative estimate of drug-likeness (QED) is 0.522. The Kier molecular flexibility index (Phi) is 5.54. The van der Waals surface area contributed by atoms with Crippen LogP contribution in [0.3, 0.4) is 0 Å². The highest BCUT2D eigenvalue weighted by Crippen LogP contribution is 2.08. The summed E-state index contributed by atoms with van der Waals surface area (Å²) in [5.41, 5.74) is 2.66. The second-order valence-electron chi connectivity index (χ2n) is 3.06. The summed E-state index contributed by atoms with van der Waals surface area (Å²) < 4.78 is 0. The third-order valence-corrected chi connectivity index (χ3v) is 1.48. The zero-order valence-corrected chi connectivity index (χ0v) is 7.69. The lowest BCUT2D eigenvalue weighted by Crippen LogP contribution is -1.78. The van der Waals surface area contributed by atoms with Gasteiger partial charge >= 0.3 is 0 Å². The largest absolute Gasteiger partial charge is 0.103 e. The van der Waals surface area contributed by atoms with Crippen molar-refractivity contribution in [1.29, 1.82) is 0 Å². The van der Waals surface area contributed by atoms with Crippen molar-refractivity contribution in [2.45, 2.75) is 33.1 Å². The van der Waals surface area contributed by atoms with Gasteiger partial charge in [-0.2, -0.15) is 0 Å². The number of hydrogen-bond donors (Lipinski definition) is 0. The first-order chi connectivity index (χ1) is 5.16. The first-order valence-electron chi connectivity index (χ1n) is 4.07. The van der Waals surface area contributed by atoms with Crippen molar-refractivity contribution in [3.63, 3.8) is 0 Å². The van der Waals surface area contributed by atoms with Crippen molar-refractivity contribution in [2.24, 2.45) is 0 Å². The van der Waals surface area contributed by atoms with E-state index in [9.17, 15) is 0 Å². The van der Waals surface area contributed by atoms with E-state index in [0.717, 1.165) is 19.3 Å². The predicted molar refractivity (Wildman–Crippen MR) is 52.6 cm³/mol. The van der Waals surface area contributed by atoms with E-state index in [1.807, 2.05) is 6.08 Å².